The average molecular weight is 243 g/mol. The first-order valence-electron chi connectivity index (χ1n) is 4.14. The van der Waals surface area contributed by atoms with Crippen LogP contribution in [0.25, 0.3) is 0 Å². The second kappa shape index (κ2) is 5.31. The van der Waals surface area contributed by atoms with Gasteiger partial charge in [-0.15, -0.1) is 0 Å². The summed E-state index contributed by atoms with van der Waals surface area (Å²) in [7, 11) is 1.26. The van der Waals surface area contributed by atoms with Gasteiger partial charge in [0.15, 0.2) is 0 Å². The van der Waals surface area contributed by atoms with Gasteiger partial charge in [-0.1, -0.05) is 11.8 Å². The minimum atomic E-state index is -0.569. The van der Waals surface area contributed by atoms with Gasteiger partial charge in [0.1, 0.15) is 10.8 Å². The molecule has 0 aliphatic carbocycles. The zero-order valence-corrected chi connectivity index (χ0v) is 9.19. The van der Waals surface area contributed by atoms with Crippen molar-refractivity contribution in [1.29, 1.82) is 0 Å². The number of nitrogen functional groups attached to an aromatic ring is 1. The van der Waals surface area contributed by atoms with Gasteiger partial charge in [-0.3, -0.25) is 14.9 Å². The molecule has 1 heterocycles. The van der Waals surface area contributed by atoms with Crippen LogP contribution in [0.4, 0.5) is 11.5 Å². The molecule has 0 saturated carbocycles. The van der Waals surface area contributed by atoms with E-state index in [2.05, 4.69) is 9.72 Å². The van der Waals surface area contributed by atoms with Gasteiger partial charge < -0.3 is 10.5 Å². The Hall–Kier alpha value is -1.83. The van der Waals surface area contributed by atoms with Crippen molar-refractivity contribution in [2.24, 2.45) is 0 Å². The minimum Gasteiger partial charge on any atom is -0.468 e. The van der Waals surface area contributed by atoms with E-state index in [9.17, 15) is 14.9 Å². The van der Waals surface area contributed by atoms with Crippen molar-refractivity contribution in [2.45, 2.75) is 5.03 Å². The number of carbonyl (C=O) groups is 1. The van der Waals surface area contributed by atoms with E-state index in [1.807, 2.05) is 0 Å². The van der Waals surface area contributed by atoms with Crippen molar-refractivity contribution in [3.8, 4) is 0 Å². The third-order valence-corrected chi connectivity index (χ3v) is 2.47. The quantitative estimate of drug-likeness (QED) is 0.361. The number of nitrogens with zero attached hydrogens (tertiary/aromatic N) is 2. The maximum atomic E-state index is 10.9. The molecule has 7 nitrogen and oxygen atoms in total. The third kappa shape index (κ3) is 3.39. The SMILES string of the molecule is COC(=O)CSc1cc([N+](=O)[O-])cc(N)n1. The lowest BCUT2D eigenvalue weighted by Gasteiger charge is -2.01. The maximum Gasteiger partial charge on any atom is 0.316 e. The highest BCUT2D eigenvalue weighted by Crippen LogP contribution is 2.23. The van der Waals surface area contributed by atoms with Crippen LogP contribution >= 0.6 is 11.8 Å². The normalized spacial score (nSPS) is 9.81. The van der Waals surface area contributed by atoms with E-state index in [0.717, 1.165) is 17.8 Å². The summed E-state index contributed by atoms with van der Waals surface area (Å²) in [6.07, 6.45) is 0. The van der Waals surface area contributed by atoms with Gasteiger partial charge in [-0.2, -0.15) is 0 Å². The number of nitro groups is 1. The van der Waals surface area contributed by atoms with E-state index in [-0.39, 0.29) is 17.3 Å². The molecule has 0 amide bonds. The van der Waals surface area contributed by atoms with Crippen molar-refractivity contribution in [2.75, 3.05) is 18.6 Å². The molecule has 0 fully saturated rings. The van der Waals surface area contributed by atoms with E-state index in [1.165, 1.54) is 13.2 Å². The largest absolute Gasteiger partial charge is 0.468 e. The zero-order valence-electron chi connectivity index (χ0n) is 8.37. The summed E-state index contributed by atoms with van der Waals surface area (Å²) in [6.45, 7) is 0. The molecule has 0 aliphatic rings. The molecule has 0 bridgehead atoms. The van der Waals surface area contributed by atoms with Crippen LogP contribution in [0, 0.1) is 10.1 Å². The number of hydrogen-bond donors (Lipinski definition) is 1. The number of anilines is 1. The number of thioether (sulfide) groups is 1. The van der Waals surface area contributed by atoms with Crippen LogP contribution in [0.1, 0.15) is 0 Å². The Bertz CT molecular complexity index is 424. The molecule has 0 saturated heterocycles. The predicted molar refractivity (Wildman–Crippen MR) is 58.0 cm³/mol. The molecule has 0 spiro atoms. The first kappa shape index (κ1) is 12.2. The molecule has 0 radical (unpaired) electrons. The summed E-state index contributed by atoms with van der Waals surface area (Å²) >= 11 is 1.03. The molecule has 0 unspecified atom stereocenters. The Morgan fingerprint density at radius 2 is 2.38 bits per heavy atom. The molecule has 1 aromatic rings. The zero-order chi connectivity index (χ0) is 12.1. The Morgan fingerprint density at radius 3 is 2.94 bits per heavy atom. The maximum absolute atomic E-state index is 10.9. The first-order chi connectivity index (χ1) is 7.52. The van der Waals surface area contributed by atoms with Gasteiger partial charge in [-0.25, -0.2) is 4.98 Å². The fourth-order valence-electron chi connectivity index (χ4n) is 0.883. The van der Waals surface area contributed by atoms with E-state index in [0.29, 0.717) is 5.03 Å². The molecule has 16 heavy (non-hydrogen) atoms. The molecule has 0 aromatic carbocycles. The van der Waals surface area contributed by atoms with Crippen molar-refractivity contribution in [3.63, 3.8) is 0 Å². The number of methoxy groups -OCH3 is 1. The molecule has 0 atom stereocenters. The summed E-state index contributed by atoms with van der Waals surface area (Å²) in [5.41, 5.74) is 5.24. The van der Waals surface area contributed by atoms with Gasteiger partial charge in [0, 0.05) is 6.07 Å². The first-order valence-corrected chi connectivity index (χ1v) is 5.13. The number of aromatic nitrogens is 1. The summed E-state index contributed by atoms with van der Waals surface area (Å²) in [5, 5.41) is 10.8. The van der Waals surface area contributed by atoms with E-state index >= 15 is 0 Å². The number of ether oxygens (including phenoxy) is 1. The molecular weight excluding hydrogens is 234 g/mol. The Balaban J connectivity index is 2.80. The molecular formula is C8H9N3O4S. The molecule has 1 rings (SSSR count). The number of pyridine rings is 1. The number of hydrogen-bond acceptors (Lipinski definition) is 7. The smallest absolute Gasteiger partial charge is 0.316 e. The van der Waals surface area contributed by atoms with E-state index in [4.69, 9.17) is 5.73 Å². The van der Waals surface area contributed by atoms with Crippen LogP contribution in [0.3, 0.4) is 0 Å². The second-order valence-electron chi connectivity index (χ2n) is 2.71. The fraction of sp³-hybridized carbons (Fsp3) is 0.250. The van der Waals surface area contributed by atoms with Gasteiger partial charge in [0.2, 0.25) is 0 Å². The van der Waals surface area contributed by atoms with Gasteiger partial charge in [0.05, 0.1) is 23.9 Å². The summed E-state index contributed by atoms with van der Waals surface area (Å²) in [5.74, 6) is -0.358. The van der Waals surface area contributed by atoms with Crippen LogP contribution in [0.15, 0.2) is 17.2 Å². The average Bonchev–Trinajstić information content (AvgIpc) is 2.25. The van der Waals surface area contributed by atoms with Crippen LogP contribution in [-0.2, 0) is 9.53 Å². The van der Waals surface area contributed by atoms with Crippen LogP contribution in [-0.4, -0.2) is 28.7 Å². The van der Waals surface area contributed by atoms with E-state index in [1.54, 1.807) is 0 Å². The van der Waals surface area contributed by atoms with Crippen molar-refractivity contribution < 1.29 is 14.5 Å². The minimum absolute atomic E-state index is 0.0319. The Morgan fingerprint density at radius 1 is 1.69 bits per heavy atom. The Kier molecular flexibility index (Phi) is 4.06. The highest BCUT2D eigenvalue weighted by Gasteiger charge is 2.11. The molecule has 1 aromatic heterocycles. The molecule has 0 aliphatic heterocycles. The standard InChI is InChI=1S/C8H9N3O4S/c1-15-8(12)4-16-7-3-5(11(13)14)2-6(9)10-7/h2-3H,4H2,1H3,(H2,9,10). The lowest BCUT2D eigenvalue weighted by atomic mass is 10.4. The number of nitrogens with two attached hydrogens (primary N) is 1. The van der Waals surface area contributed by atoms with Gasteiger partial charge in [0.25, 0.3) is 5.69 Å². The van der Waals surface area contributed by atoms with Crippen molar-refractivity contribution in [1.82, 2.24) is 4.98 Å². The highest BCUT2D eigenvalue weighted by molar-refractivity contribution is 7.99. The summed E-state index contributed by atoms with van der Waals surface area (Å²) in [6, 6.07) is 2.41. The lowest BCUT2D eigenvalue weighted by Crippen LogP contribution is -2.04. The molecule has 8 heteroatoms. The highest BCUT2D eigenvalue weighted by atomic mass is 32.2. The molecule has 86 valence electrons. The fourth-order valence-corrected chi connectivity index (χ4v) is 1.64. The molecule has 2 N–H and O–H groups in total. The monoisotopic (exact) mass is 243 g/mol. The van der Waals surface area contributed by atoms with Crippen molar-refractivity contribution >= 4 is 29.2 Å². The lowest BCUT2D eigenvalue weighted by molar-refractivity contribution is -0.385. The van der Waals surface area contributed by atoms with Crippen molar-refractivity contribution in [3.05, 3.63) is 22.2 Å². The third-order valence-electron chi connectivity index (χ3n) is 1.58. The number of carbonyl (C=O) groups excluding carboxylic acids is 1. The summed E-state index contributed by atoms with van der Waals surface area (Å²) < 4.78 is 4.43. The Labute approximate surface area is 95.1 Å². The summed E-state index contributed by atoms with van der Waals surface area (Å²) in [4.78, 5) is 24.7. The van der Waals surface area contributed by atoms with Gasteiger partial charge >= 0.3 is 5.97 Å². The van der Waals surface area contributed by atoms with E-state index < -0.39 is 10.9 Å². The van der Waals surface area contributed by atoms with Gasteiger partial charge in [-0.05, 0) is 0 Å². The predicted octanol–water partition coefficient (Wildman–Crippen LogP) is 0.837. The number of rotatable bonds is 4. The van der Waals surface area contributed by atoms with Crippen LogP contribution in [0.5, 0.6) is 0 Å². The second-order valence-corrected chi connectivity index (χ2v) is 3.71. The van der Waals surface area contributed by atoms with Crippen LogP contribution < -0.4 is 5.73 Å². The topological polar surface area (TPSA) is 108 Å². The number of esters is 1. The van der Waals surface area contributed by atoms with Crippen LogP contribution in [0.2, 0.25) is 0 Å².